The van der Waals surface area contributed by atoms with E-state index < -0.39 is 5.97 Å². The van der Waals surface area contributed by atoms with Crippen LogP contribution in [0.25, 0.3) is 0 Å². The Balaban J connectivity index is 1.82. The summed E-state index contributed by atoms with van der Waals surface area (Å²) in [4.78, 5) is 18.5. The zero-order valence-corrected chi connectivity index (χ0v) is 13.0. The number of fused-ring (bicyclic) bond motifs is 1. The summed E-state index contributed by atoms with van der Waals surface area (Å²) >= 11 is 0. The van der Waals surface area contributed by atoms with Crippen molar-refractivity contribution in [3.05, 3.63) is 17.7 Å². The largest absolute Gasteiger partial charge is 0.481 e. The van der Waals surface area contributed by atoms with E-state index in [1.807, 2.05) is 0 Å². The van der Waals surface area contributed by atoms with Crippen LogP contribution in [-0.4, -0.2) is 38.1 Å². The number of rotatable bonds is 3. The van der Waals surface area contributed by atoms with Crippen molar-refractivity contribution in [2.45, 2.75) is 64.6 Å². The molecule has 2 aliphatic heterocycles. The summed E-state index contributed by atoms with van der Waals surface area (Å²) in [5.41, 5.74) is 1.14. The summed E-state index contributed by atoms with van der Waals surface area (Å²) in [6.07, 6.45) is 7.15. The summed E-state index contributed by atoms with van der Waals surface area (Å²) in [5.74, 6) is 0.00510. The average molecular weight is 291 g/mol. The van der Waals surface area contributed by atoms with Crippen LogP contribution in [0, 0.1) is 5.92 Å². The molecule has 0 aromatic carbocycles. The summed E-state index contributed by atoms with van der Waals surface area (Å²) in [6, 6.07) is 0.931. The zero-order valence-electron chi connectivity index (χ0n) is 13.0. The minimum absolute atomic E-state index is 0.264. The van der Waals surface area contributed by atoms with Gasteiger partial charge in [-0.3, -0.25) is 9.69 Å². The van der Waals surface area contributed by atoms with Crippen molar-refractivity contribution in [3.63, 3.8) is 0 Å². The van der Waals surface area contributed by atoms with Gasteiger partial charge in [0.15, 0.2) is 0 Å². The molecule has 1 fully saturated rings. The quantitative estimate of drug-likeness (QED) is 0.929. The number of piperidine rings is 1. The monoisotopic (exact) mass is 291 g/mol. The van der Waals surface area contributed by atoms with Gasteiger partial charge in [-0.25, -0.2) is 4.98 Å². The molecule has 1 N–H and O–H groups in total. The predicted molar refractivity (Wildman–Crippen MR) is 80.1 cm³/mol. The Morgan fingerprint density at radius 1 is 1.33 bits per heavy atom. The molecule has 1 aromatic rings. The number of carboxylic acids is 1. The Morgan fingerprint density at radius 3 is 2.86 bits per heavy atom. The van der Waals surface area contributed by atoms with Gasteiger partial charge in [0, 0.05) is 25.2 Å². The van der Waals surface area contributed by atoms with Gasteiger partial charge in [0.1, 0.15) is 5.82 Å². The van der Waals surface area contributed by atoms with Crippen molar-refractivity contribution in [2.24, 2.45) is 5.92 Å². The molecule has 3 rings (SSSR count). The molecule has 1 aromatic heterocycles. The first-order chi connectivity index (χ1) is 10.1. The number of hydrogen-bond acceptors (Lipinski definition) is 3. The van der Waals surface area contributed by atoms with Gasteiger partial charge in [0.25, 0.3) is 0 Å². The normalized spacial score (nSPS) is 26.8. The van der Waals surface area contributed by atoms with Crippen molar-refractivity contribution >= 4 is 5.97 Å². The van der Waals surface area contributed by atoms with Crippen LogP contribution in [0.5, 0.6) is 0 Å². The van der Waals surface area contributed by atoms with E-state index in [1.54, 1.807) is 0 Å². The molecule has 21 heavy (non-hydrogen) atoms. The highest BCUT2D eigenvalue weighted by Crippen LogP contribution is 2.33. The van der Waals surface area contributed by atoms with E-state index in [1.165, 1.54) is 12.8 Å². The number of aliphatic carboxylic acids is 1. The van der Waals surface area contributed by atoms with E-state index >= 15 is 0 Å². The topological polar surface area (TPSA) is 58.4 Å². The molecular weight excluding hydrogens is 266 g/mol. The second-order valence-corrected chi connectivity index (χ2v) is 6.65. The predicted octanol–water partition coefficient (Wildman–Crippen LogP) is 2.47. The highest BCUT2D eigenvalue weighted by atomic mass is 16.4. The lowest BCUT2D eigenvalue weighted by atomic mass is 9.98. The maximum absolute atomic E-state index is 11.2. The molecule has 2 unspecified atom stereocenters. The van der Waals surface area contributed by atoms with Gasteiger partial charge in [-0.15, -0.1) is 0 Å². The maximum Gasteiger partial charge on any atom is 0.307 e. The van der Waals surface area contributed by atoms with Crippen LogP contribution in [-0.2, 0) is 17.8 Å². The minimum Gasteiger partial charge on any atom is -0.481 e. The van der Waals surface area contributed by atoms with Crippen LogP contribution in [0.3, 0.4) is 0 Å². The molecule has 0 radical (unpaired) electrons. The van der Waals surface area contributed by atoms with Crippen LogP contribution in [0.1, 0.15) is 57.1 Å². The molecule has 5 heteroatoms. The molecule has 0 amide bonds. The molecule has 2 atom stereocenters. The second kappa shape index (κ2) is 5.79. The third-order valence-corrected chi connectivity index (χ3v) is 4.92. The van der Waals surface area contributed by atoms with Crippen molar-refractivity contribution < 1.29 is 9.90 Å². The Morgan fingerprint density at radius 2 is 2.14 bits per heavy atom. The first kappa shape index (κ1) is 14.6. The lowest BCUT2D eigenvalue weighted by Crippen LogP contribution is -2.38. The lowest BCUT2D eigenvalue weighted by Gasteiger charge is -2.37. The van der Waals surface area contributed by atoms with Crippen molar-refractivity contribution in [2.75, 3.05) is 6.54 Å². The molecule has 3 heterocycles. The summed E-state index contributed by atoms with van der Waals surface area (Å²) in [6.45, 7) is 6.42. The number of carbonyl (C=O) groups is 1. The molecule has 0 spiro atoms. The molecule has 0 bridgehead atoms. The first-order valence-electron chi connectivity index (χ1n) is 8.10. The van der Waals surface area contributed by atoms with E-state index in [9.17, 15) is 9.90 Å². The molecule has 0 aliphatic carbocycles. The number of likely N-dealkylation sites (tertiary alicyclic amines) is 1. The first-order valence-corrected chi connectivity index (χ1v) is 8.10. The Kier molecular flexibility index (Phi) is 4.02. The van der Waals surface area contributed by atoms with Crippen molar-refractivity contribution in [1.82, 2.24) is 14.5 Å². The number of carboxylic acid groups (broad SMARTS) is 1. The highest BCUT2D eigenvalue weighted by Gasteiger charge is 2.31. The Labute approximate surface area is 126 Å². The second-order valence-electron chi connectivity index (χ2n) is 6.65. The van der Waals surface area contributed by atoms with Gasteiger partial charge in [0.2, 0.25) is 0 Å². The third-order valence-electron chi connectivity index (χ3n) is 4.92. The molecule has 116 valence electrons. The average Bonchev–Trinajstić information content (AvgIpc) is 2.89. The van der Waals surface area contributed by atoms with E-state index in [0.717, 1.165) is 37.4 Å². The molecular formula is C16H25N3O2. The highest BCUT2D eigenvalue weighted by molar-refractivity contribution is 5.70. The van der Waals surface area contributed by atoms with Crippen LogP contribution in [0.15, 0.2) is 6.20 Å². The standard InChI is InChI=1S/C16H25N3O2/c1-11(2)19-7-4-3-5-14(19)13-10-18-8-6-12(16(20)21)9-15(18)17-13/h10-12,14H,3-9H2,1-2H3,(H,20,21). The van der Waals surface area contributed by atoms with E-state index in [0.29, 0.717) is 18.5 Å². The van der Waals surface area contributed by atoms with Crippen molar-refractivity contribution in [3.8, 4) is 0 Å². The number of aryl methyl sites for hydroxylation is 1. The number of hydrogen-bond donors (Lipinski definition) is 1. The van der Waals surface area contributed by atoms with Gasteiger partial charge in [-0.1, -0.05) is 6.42 Å². The fourth-order valence-corrected chi connectivity index (χ4v) is 3.71. The summed E-state index contributed by atoms with van der Waals surface area (Å²) < 4.78 is 2.17. The van der Waals surface area contributed by atoms with Crippen LogP contribution in [0.4, 0.5) is 0 Å². The number of imidazole rings is 1. The van der Waals surface area contributed by atoms with Crippen LogP contribution >= 0.6 is 0 Å². The zero-order chi connectivity index (χ0) is 15.0. The fourth-order valence-electron chi connectivity index (χ4n) is 3.71. The van der Waals surface area contributed by atoms with Gasteiger partial charge in [0.05, 0.1) is 17.7 Å². The fraction of sp³-hybridized carbons (Fsp3) is 0.750. The van der Waals surface area contributed by atoms with E-state index in [-0.39, 0.29) is 5.92 Å². The number of aromatic nitrogens is 2. The molecule has 5 nitrogen and oxygen atoms in total. The van der Waals surface area contributed by atoms with Gasteiger partial charge in [-0.2, -0.15) is 0 Å². The lowest BCUT2D eigenvalue weighted by molar-refractivity contribution is -0.142. The van der Waals surface area contributed by atoms with Crippen LogP contribution in [0.2, 0.25) is 0 Å². The smallest absolute Gasteiger partial charge is 0.307 e. The number of nitrogens with zero attached hydrogens (tertiary/aromatic N) is 3. The Hall–Kier alpha value is -1.36. The Bertz CT molecular complexity index is 524. The van der Waals surface area contributed by atoms with Gasteiger partial charge in [-0.05, 0) is 39.7 Å². The third kappa shape index (κ3) is 2.84. The summed E-state index contributed by atoms with van der Waals surface area (Å²) in [5, 5.41) is 9.19. The maximum atomic E-state index is 11.2. The molecule has 1 saturated heterocycles. The minimum atomic E-state index is -0.688. The molecule has 0 saturated carbocycles. The molecule has 2 aliphatic rings. The van der Waals surface area contributed by atoms with E-state index in [2.05, 4.69) is 29.5 Å². The van der Waals surface area contributed by atoms with Gasteiger partial charge >= 0.3 is 5.97 Å². The van der Waals surface area contributed by atoms with Gasteiger partial charge < -0.3 is 9.67 Å². The SMILES string of the molecule is CC(C)N1CCCCC1c1cn2c(n1)CC(C(=O)O)CC2. The van der Waals surface area contributed by atoms with E-state index in [4.69, 9.17) is 4.98 Å². The van der Waals surface area contributed by atoms with Crippen LogP contribution < -0.4 is 0 Å². The van der Waals surface area contributed by atoms with Crippen molar-refractivity contribution in [1.29, 1.82) is 0 Å². The summed E-state index contributed by atoms with van der Waals surface area (Å²) in [7, 11) is 0.